The van der Waals surface area contributed by atoms with Gasteiger partial charge in [-0.05, 0) is 30.3 Å². The molecule has 0 spiro atoms. The zero-order valence-electron chi connectivity index (χ0n) is 15.4. The Morgan fingerprint density at radius 2 is 2.00 bits per heavy atom. The van der Waals surface area contributed by atoms with Crippen LogP contribution in [-0.4, -0.2) is 33.5 Å². The van der Waals surface area contributed by atoms with Crippen molar-refractivity contribution in [2.45, 2.75) is 32.6 Å². The number of aryl methyl sites for hydroxylation is 1. The van der Waals surface area contributed by atoms with Crippen LogP contribution in [0.3, 0.4) is 0 Å². The molecule has 1 amide bonds. The van der Waals surface area contributed by atoms with E-state index in [2.05, 4.69) is 19.2 Å². The van der Waals surface area contributed by atoms with Crippen molar-refractivity contribution in [3.8, 4) is 5.82 Å². The fourth-order valence-electron chi connectivity index (χ4n) is 3.34. The van der Waals surface area contributed by atoms with Crippen molar-refractivity contribution >= 4 is 28.6 Å². The van der Waals surface area contributed by atoms with E-state index in [0.717, 1.165) is 34.1 Å². The number of esters is 1. The lowest BCUT2D eigenvalue weighted by atomic mass is 10.1. The van der Waals surface area contributed by atoms with Crippen LogP contribution in [0.2, 0.25) is 0 Å². The molecule has 0 radical (unpaired) electrons. The summed E-state index contributed by atoms with van der Waals surface area (Å²) in [7, 11) is 1.36. The largest absolute Gasteiger partial charge is 0.465 e. The highest BCUT2D eigenvalue weighted by atomic mass is 16.5. The summed E-state index contributed by atoms with van der Waals surface area (Å²) in [5.41, 5.74) is 3.69. The maximum atomic E-state index is 11.8. The predicted molar refractivity (Wildman–Crippen MR) is 101 cm³/mol. The second-order valence-electron chi connectivity index (χ2n) is 6.87. The lowest BCUT2D eigenvalue weighted by Crippen LogP contribution is -2.20. The van der Waals surface area contributed by atoms with E-state index >= 15 is 0 Å². The molecule has 7 heteroatoms. The molecule has 0 atom stereocenters. The normalized spacial score (nSPS) is 13.6. The molecule has 0 bridgehead atoms. The summed E-state index contributed by atoms with van der Waals surface area (Å²) in [5.74, 6) is 1.40. The number of fused-ring (bicyclic) bond motifs is 2. The summed E-state index contributed by atoms with van der Waals surface area (Å²) in [5, 5.41) is 2.86. The number of carbonyl (C=O) groups is 2. The van der Waals surface area contributed by atoms with Crippen LogP contribution in [0.15, 0.2) is 30.3 Å². The van der Waals surface area contributed by atoms with E-state index in [4.69, 9.17) is 14.7 Å². The molecule has 1 N–H and O–H groups in total. The number of aromatic nitrogens is 3. The van der Waals surface area contributed by atoms with Crippen LogP contribution in [0.5, 0.6) is 0 Å². The summed E-state index contributed by atoms with van der Waals surface area (Å²) in [6.07, 6.45) is 1.05. The Morgan fingerprint density at radius 3 is 2.74 bits per heavy atom. The predicted octanol–water partition coefficient (Wildman–Crippen LogP) is 3.22. The summed E-state index contributed by atoms with van der Waals surface area (Å²) in [6.45, 7) is 4.13. The van der Waals surface area contributed by atoms with Crippen molar-refractivity contribution in [2.24, 2.45) is 0 Å². The van der Waals surface area contributed by atoms with Gasteiger partial charge in [-0.15, -0.1) is 0 Å². The van der Waals surface area contributed by atoms with Crippen molar-refractivity contribution < 1.29 is 14.3 Å². The molecule has 1 aliphatic heterocycles. The second-order valence-corrected chi connectivity index (χ2v) is 6.87. The number of amides is 1. The van der Waals surface area contributed by atoms with Crippen molar-refractivity contribution in [1.82, 2.24) is 14.5 Å². The first kappa shape index (κ1) is 17.2. The summed E-state index contributed by atoms with van der Waals surface area (Å²) < 4.78 is 6.82. The minimum atomic E-state index is -0.389. The van der Waals surface area contributed by atoms with E-state index in [-0.39, 0.29) is 17.8 Å². The molecular formula is C20H20N4O3. The van der Waals surface area contributed by atoms with Crippen LogP contribution in [0.1, 0.15) is 48.1 Å². The van der Waals surface area contributed by atoms with E-state index in [9.17, 15) is 9.59 Å². The first-order chi connectivity index (χ1) is 13.0. The third-order valence-electron chi connectivity index (χ3n) is 4.67. The van der Waals surface area contributed by atoms with Gasteiger partial charge in [-0.1, -0.05) is 13.8 Å². The molecule has 27 heavy (non-hydrogen) atoms. The number of anilines is 1. The van der Waals surface area contributed by atoms with Gasteiger partial charge in [0, 0.05) is 18.8 Å². The smallest absolute Gasteiger partial charge is 0.337 e. The number of carbonyl (C=O) groups excluding carboxylic acids is 2. The zero-order valence-corrected chi connectivity index (χ0v) is 15.4. The molecule has 0 saturated heterocycles. The van der Waals surface area contributed by atoms with E-state index in [1.807, 2.05) is 22.8 Å². The van der Waals surface area contributed by atoms with Gasteiger partial charge in [0.1, 0.15) is 11.6 Å². The minimum absolute atomic E-state index is 0.0170. The first-order valence-corrected chi connectivity index (χ1v) is 8.89. The minimum Gasteiger partial charge on any atom is -0.465 e. The lowest BCUT2D eigenvalue weighted by molar-refractivity contribution is -0.116. The van der Waals surface area contributed by atoms with Crippen LogP contribution in [0.4, 0.5) is 5.69 Å². The molecule has 4 rings (SSSR count). The number of methoxy groups -OCH3 is 1. The molecule has 2 aromatic heterocycles. The van der Waals surface area contributed by atoms with Gasteiger partial charge in [0.05, 0.1) is 35.1 Å². The Bertz CT molecular complexity index is 1070. The Morgan fingerprint density at radius 1 is 1.19 bits per heavy atom. The number of ether oxygens (including phenoxy) is 1. The third kappa shape index (κ3) is 2.95. The van der Waals surface area contributed by atoms with E-state index in [0.29, 0.717) is 18.4 Å². The van der Waals surface area contributed by atoms with Crippen molar-refractivity contribution in [1.29, 1.82) is 0 Å². The van der Waals surface area contributed by atoms with Crippen LogP contribution in [0, 0.1) is 0 Å². The fraction of sp³-hybridized carbons (Fsp3) is 0.300. The maximum absolute atomic E-state index is 11.8. The molecule has 0 fully saturated rings. The van der Waals surface area contributed by atoms with Gasteiger partial charge < -0.3 is 10.1 Å². The van der Waals surface area contributed by atoms with Gasteiger partial charge in [0.25, 0.3) is 0 Å². The van der Waals surface area contributed by atoms with Gasteiger partial charge in [-0.3, -0.25) is 9.36 Å². The average Bonchev–Trinajstić information content (AvgIpc) is 3.06. The van der Waals surface area contributed by atoms with Crippen LogP contribution < -0.4 is 5.32 Å². The monoisotopic (exact) mass is 364 g/mol. The molecule has 3 heterocycles. The Hall–Kier alpha value is -3.22. The van der Waals surface area contributed by atoms with Crippen LogP contribution >= 0.6 is 0 Å². The number of imidazole rings is 1. The topological polar surface area (TPSA) is 86.1 Å². The molecular weight excluding hydrogens is 344 g/mol. The molecule has 1 aromatic carbocycles. The van der Waals surface area contributed by atoms with E-state index < -0.39 is 0 Å². The number of rotatable bonds is 3. The highest BCUT2D eigenvalue weighted by Crippen LogP contribution is 2.28. The molecule has 0 aliphatic carbocycles. The Kier molecular flexibility index (Phi) is 4.14. The standard InChI is InChI=1S/C20H20N4O3/c1-11(2)19-23-15-10-12(20(26)27-3)4-7-16(15)24(19)17-8-5-14-13(21-17)6-9-18(25)22-14/h4-5,7-8,10-11H,6,9H2,1-3H3,(H,22,25). The molecule has 138 valence electrons. The summed E-state index contributed by atoms with van der Waals surface area (Å²) in [4.78, 5) is 32.9. The van der Waals surface area contributed by atoms with Gasteiger partial charge in [0.2, 0.25) is 5.91 Å². The van der Waals surface area contributed by atoms with E-state index in [1.54, 1.807) is 12.1 Å². The van der Waals surface area contributed by atoms with Crippen LogP contribution in [-0.2, 0) is 16.0 Å². The molecule has 1 aliphatic rings. The van der Waals surface area contributed by atoms with Crippen molar-refractivity contribution in [3.63, 3.8) is 0 Å². The van der Waals surface area contributed by atoms with E-state index in [1.165, 1.54) is 7.11 Å². The molecule has 7 nitrogen and oxygen atoms in total. The quantitative estimate of drug-likeness (QED) is 0.721. The number of hydrogen-bond acceptors (Lipinski definition) is 5. The lowest BCUT2D eigenvalue weighted by Gasteiger charge is -2.18. The van der Waals surface area contributed by atoms with Crippen molar-refractivity contribution in [2.75, 3.05) is 12.4 Å². The summed E-state index contributed by atoms with van der Waals surface area (Å²) in [6, 6.07) is 9.10. The number of pyridine rings is 1. The fourth-order valence-corrected chi connectivity index (χ4v) is 3.34. The first-order valence-electron chi connectivity index (χ1n) is 8.89. The third-order valence-corrected chi connectivity index (χ3v) is 4.67. The molecule has 3 aromatic rings. The Balaban J connectivity index is 1.88. The average molecular weight is 364 g/mol. The van der Waals surface area contributed by atoms with Gasteiger partial charge in [-0.2, -0.15) is 0 Å². The second kappa shape index (κ2) is 6.50. The van der Waals surface area contributed by atoms with Gasteiger partial charge >= 0.3 is 5.97 Å². The number of benzene rings is 1. The molecule has 0 saturated carbocycles. The maximum Gasteiger partial charge on any atom is 0.337 e. The SMILES string of the molecule is COC(=O)c1ccc2c(c1)nc(C(C)C)n2-c1ccc2c(n1)CCC(=O)N2. The molecule has 0 unspecified atom stereocenters. The number of nitrogens with zero attached hydrogens (tertiary/aromatic N) is 3. The zero-order chi connectivity index (χ0) is 19.1. The van der Waals surface area contributed by atoms with Gasteiger partial charge in [0.15, 0.2) is 0 Å². The highest BCUT2D eigenvalue weighted by molar-refractivity contribution is 5.94. The summed E-state index contributed by atoms with van der Waals surface area (Å²) >= 11 is 0. The number of hydrogen-bond donors (Lipinski definition) is 1. The van der Waals surface area contributed by atoms with Gasteiger partial charge in [-0.25, -0.2) is 14.8 Å². The van der Waals surface area contributed by atoms with Crippen LogP contribution in [0.25, 0.3) is 16.9 Å². The number of nitrogens with one attached hydrogen (secondary N) is 1. The Labute approximate surface area is 156 Å². The van der Waals surface area contributed by atoms with Crippen molar-refractivity contribution in [3.05, 3.63) is 47.4 Å². The highest BCUT2D eigenvalue weighted by Gasteiger charge is 2.21.